The molecule has 0 radical (unpaired) electrons. The number of ether oxygens (including phenoxy) is 1. The van der Waals surface area contributed by atoms with Gasteiger partial charge in [0.1, 0.15) is 0 Å². The van der Waals surface area contributed by atoms with E-state index in [1.165, 1.54) is 12.3 Å². The Bertz CT molecular complexity index is 341. The summed E-state index contributed by atoms with van der Waals surface area (Å²) < 4.78 is 55.4. The number of nitrogens with zero attached hydrogens (tertiary/aromatic N) is 1. The van der Waals surface area contributed by atoms with Gasteiger partial charge in [0.25, 0.3) is 0 Å². The largest absolute Gasteiger partial charge is 0.476 e. The molecule has 1 aromatic rings. The second kappa shape index (κ2) is 3.25. The lowest BCUT2D eigenvalue weighted by Gasteiger charge is -2.03. The average molecular weight is 147 g/mol. The van der Waals surface area contributed by atoms with Crippen molar-refractivity contribution in [3.05, 3.63) is 12.3 Å². The minimum Gasteiger partial charge on any atom is -0.476 e. The van der Waals surface area contributed by atoms with Gasteiger partial charge >= 0.3 is 0 Å². The maximum atomic E-state index is 7.64. The van der Waals surface area contributed by atoms with Gasteiger partial charge in [-0.25, -0.2) is 0 Å². The summed E-state index contributed by atoms with van der Waals surface area (Å²) in [7, 11) is 0. The Morgan fingerprint density at radius 2 is 2.90 bits per heavy atom. The molecule has 3 heteroatoms. The van der Waals surface area contributed by atoms with E-state index in [9.17, 15) is 0 Å². The highest BCUT2D eigenvalue weighted by molar-refractivity contribution is 5.03. The van der Waals surface area contributed by atoms with Crippen LogP contribution in [0.15, 0.2) is 12.3 Å². The number of H-pyrrole nitrogens is 1. The van der Waals surface area contributed by atoms with E-state index in [1.807, 2.05) is 0 Å². The van der Waals surface area contributed by atoms with Crippen LogP contribution in [0.2, 0.25) is 0 Å². The topological polar surface area (TPSA) is 37.9 Å². The zero-order valence-electron chi connectivity index (χ0n) is 12.2. The van der Waals surface area contributed by atoms with Crippen LogP contribution < -0.4 is 4.74 Å². The van der Waals surface area contributed by atoms with Gasteiger partial charge in [0.05, 0.1) is 6.61 Å². The van der Waals surface area contributed by atoms with E-state index < -0.39 is 26.2 Å². The number of nitrogens with one attached hydrogen (secondary N) is 1. The third-order valence-corrected chi connectivity index (χ3v) is 0.840. The van der Waals surface area contributed by atoms with E-state index >= 15 is 0 Å². The minimum absolute atomic E-state index is 0.0510. The third kappa shape index (κ3) is 2.09. The van der Waals surface area contributed by atoms with Gasteiger partial charge in [0.15, 0.2) is 0 Å². The van der Waals surface area contributed by atoms with Crippen molar-refractivity contribution in [3.63, 3.8) is 0 Å². The van der Waals surface area contributed by atoms with Gasteiger partial charge in [-0.1, -0.05) is 13.7 Å². The first-order valence-electron chi connectivity index (χ1n) is 6.20. The fraction of sp³-hybridized carbons (Fsp3) is 0.571. The Morgan fingerprint density at radius 3 is 3.50 bits per heavy atom. The molecule has 0 aromatic carbocycles. The predicted octanol–water partition coefficient (Wildman–Crippen LogP) is 1.44. The Labute approximate surface area is 70.2 Å². The first-order valence-corrected chi connectivity index (χ1v) is 2.70. The Morgan fingerprint density at radius 1 is 2.00 bits per heavy atom. The molecule has 56 valence electrons. The zero-order chi connectivity index (χ0) is 13.3. The number of hydrogen-bond donors (Lipinski definition) is 1. The van der Waals surface area contributed by atoms with Crippen molar-refractivity contribution >= 4 is 0 Å². The summed E-state index contributed by atoms with van der Waals surface area (Å²) in [6.45, 7) is -6.74. The summed E-state index contributed by atoms with van der Waals surface area (Å²) in [5.74, 6) is -2.63. The van der Waals surface area contributed by atoms with Crippen molar-refractivity contribution < 1.29 is 14.3 Å². The Hall–Kier alpha value is -0.990. The summed E-state index contributed by atoms with van der Waals surface area (Å²) in [6.07, 6.45) is 1.44. The van der Waals surface area contributed by atoms with Crippen LogP contribution >= 0.6 is 0 Å². The van der Waals surface area contributed by atoms with E-state index in [0.717, 1.165) is 0 Å². The molecule has 0 spiro atoms. The second-order valence-electron chi connectivity index (χ2n) is 1.68. The molecule has 0 aliphatic carbocycles. The maximum Gasteiger partial charge on any atom is 0.232 e. The average Bonchev–Trinajstić information content (AvgIpc) is 2.62. The lowest BCUT2D eigenvalue weighted by Crippen LogP contribution is -2.04. The van der Waals surface area contributed by atoms with Gasteiger partial charge in [-0.2, -0.15) is 0 Å². The van der Waals surface area contributed by atoms with E-state index in [4.69, 9.17) is 14.3 Å². The fourth-order valence-corrected chi connectivity index (χ4v) is 0.473. The monoisotopic (exact) mass is 147 g/mol. The minimum atomic E-state index is -2.98. The zero-order valence-corrected chi connectivity index (χ0v) is 5.22. The summed E-state index contributed by atoms with van der Waals surface area (Å²) >= 11 is 0. The number of hydrogen-bond acceptors (Lipinski definition) is 2. The van der Waals surface area contributed by atoms with Gasteiger partial charge < -0.3 is 4.74 Å². The summed E-state index contributed by atoms with van der Waals surface area (Å²) in [5.41, 5.74) is 0. The van der Waals surface area contributed by atoms with Crippen LogP contribution in [-0.4, -0.2) is 16.8 Å². The molecule has 0 amide bonds. The molecule has 0 unspecified atom stereocenters. The Kier molecular flexibility index (Phi) is 0.732. The van der Waals surface area contributed by atoms with Gasteiger partial charge in [-0.3, -0.25) is 5.10 Å². The normalized spacial score (nSPS) is 24.2. The smallest absolute Gasteiger partial charge is 0.232 e. The highest BCUT2D eigenvalue weighted by Gasteiger charge is 1.96. The summed E-state index contributed by atoms with van der Waals surface area (Å²) in [4.78, 5) is 0. The summed E-state index contributed by atoms with van der Waals surface area (Å²) in [6, 6.07) is 1.40. The van der Waals surface area contributed by atoms with E-state index in [-0.39, 0.29) is 5.88 Å². The lowest BCUT2D eigenvalue weighted by atomic mass is 10.2. The number of aromatic amines is 1. The predicted molar refractivity (Wildman–Crippen MR) is 38.9 cm³/mol. The van der Waals surface area contributed by atoms with Crippen LogP contribution in [0.25, 0.3) is 0 Å². The lowest BCUT2D eigenvalue weighted by molar-refractivity contribution is 0.261. The highest BCUT2D eigenvalue weighted by Crippen LogP contribution is 2.03. The molecule has 0 atom stereocenters. The molecule has 0 fully saturated rings. The van der Waals surface area contributed by atoms with E-state index in [1.54, 1.807) is 0 Å². The second-order valence-corrected chi connectivity index (χ2v) is 1.68. The van der Waals surface area contributed by atoms with Crippen molar-refractivity contribution in [1.29, 1.82) is 0 Å². The molecule has 10 heavy (non-hydrogen) atoms. The highest BCUT2D eigenvalue weighted by atomic mass is 16.5. The van der Waals surface area contributed by atoms with E-state index in [0.29, 0.717) is 0 Å². The van der Waals surface area contributed by atoms with Crippen molar-refractivity contribution in [2.24, 2.45) is 5.89 Å². The molecule has 3 nitrogen and oxygen atoms in total. The molecule has 0 bridgehead atoms. The molecule has 1 N–H and O–H groups in total. The first kappa shape index (κ1) is 2.26. The van der Waals surface area contributed by atoms with Gasteiger partial charge in [0.2, 0.25) is 5.88 Å². The quantitative estimate of drug-likeness (QED) is 0.702. The van der Waals surface area contributed by atoms with Crippen LogP contribution in [0.1, 0.15) is 23.3 Å². The van der Waals surface area contributed by atoms with Gasteiger partial charge in [-0.05, 0) is 5.89 Å². The van der Waals surface area contributed by atoms with Crippen molar-refractivity contribution in [1.82, 2.24) is 10.2 Å². The molecular weight excluding hydrogens is 128 g/mol. The molecule has 0 saturated heterocycles. The van der Waals surface area contributed by atoms with Crippen LogP contribution in [0, 0.1) is 5.89 Å². The Balaban J connectivity index is 2.86. The van der Waals surface area contributed by atoms with Crippen molar-refractivity contribution in [2.75, 3.05) is 6.61 Å². The molecule has 0 saturated carbocycles. The van der Waals surface area contributed by atoms with Crippen LogP contribution in [0.4, 0.5) is 0 Å². The molecule has 1 rings (SSSR count). The van der Waals surface area contributed by atoms with Crippen LogP contribution in [0.5, 0.6) is 5.88 Å². The third-order valence-electron chi connectivity index (χ3n) is 0.840. The molecule has 0 aliphatic rings. The summed E-state index contributed by atoms with van der Waals surface area (Å²) in [5, 5.41) is 6.01. The van der Waals surface area contributed by atoms with E-state index in [2.05, 4.69) is 10.2 Å². The fourth-order valence-electron chi connectivity index (χ4n) is 0.473. The molecular formula is C7H12N2O. The van der Waals surface area contributed by atoms with Crippen LogP contribution in [-0.2, 0) is 0 Å². The molecule has 0 aliphatic heterocycles. The number of aromatic nitrogens is 2. The molecule has 1 aromatic heterocycles. The van der Waals surface area contributed by atoms with Gasteiger partial charge in [-0.15, -0.1) is 5.10 Å². The van der Waals surface area contributed by atoms with Crippen molar-refractivity contribution in [2.45, 2.75) is 13.7 Å². The van der Waals surface area contributed by atoms with Crippen LogP contribution in [0.3, 0.4) is 0 Å². The SMILES string of the molecule is [2H]C([2H])([2H])C([2H])(COc1cc[nH]n1)C([2H])([2H])[2H]. The maximum absolute atomic E-state index is 7.64. The standard InChI is InChI=1S/C7H12N2O/c1-6(2)5-10-7-3-4-8-9-7/h3-4,6H,5H2,1-2H3,(H,8,9)/i1D3,2D3,6D. The first-order chi connectivity index (χ1) is 7.58. The number of rotatable bonds is 3. The van der Waals surface area contributed by atoms with Crippen molar-refractivity contribution in [3.8, 4) is 5.88 Å². The van der Waals surface area contributed by atoms with Gasteiger partial charge in [0, 0.05) is 21.9 Å². The molecule has 1 heterocycles.